The first kappa shape index (κ1) is 13.0. The van der Waals surface area contributed by atoms with Crippen LogP contribution in [-0.2, 0) is 9.53 Å². The minimum absolute atomic E-state index is 0.0218. The predicted molar refractivity (Wildman–Crippen MR) is 64.1 cm³/mol. The number of esters is 1. The van der Waals surface area contributed by atoms with E-state index in [9.17, 15) is 14.0 Å². The van der Waals surface area contributed by atoms with Crippen LogP contribution < -0.4 is 5.69 Å². The molecule has 2 aromatic rings. The van der Waals surface area contributed by atoms with Gasteiger partial charge in [0.25, 0.3) is 0 Å². The molecule has 19 heavy (non-hydrogen) atoms. The lowest BCUT2D eigenvalue weighted by Crippen LogP contribution is -2.20. The first-order chi connectivity index (χ1) is 9.13. The minimum Gasteiger partial charge on any atom is -0.465 e. The fourth-order valence-corrected chi connectivity index (χ4v) is 1.74. The number of hydrogen-bond acceptors (Lipinski definition) is 4. The van der Waals surface area contributed by atoms with E-state index in [0.29, 0.717) is 0 Å². The maximum Gasteiger partial charge on any atom is 0.340 e. The fraction of sp³-hybridized carbons (Fsp3) is 0.250. The average Bonchev–Trinajstić information content (AvgIpc) is 2.79. The molecular formula is C12H12FN3O3. The number of aromatic amines is 2. The number of ether oxygens (including phenoxy) is 1. The second-order valence-electron chi connectivity index (χ2n) is 3.77. The highest BCUT2D eigenvalue weighted by Gasteiger charge is 2.29. The van der Waals surface area contributed by atoms with Crippen molar-refractivity contribution in [2.75, 3.05) is 6.61 Å². The Kier molecular flexibility index (Phi) is 3.74. The Morgan fingerprint density at radius 2 is 2.21 bits per heavy atom. The normalized spacial score (nSPS) is 12.1. The number of aromatic nitrogens is 3. The Bertz CT molecular complexity index is 635. The molecule has 6 nitrogen and oxygen atoms in total. The van der Waals surface area contributed by atoms with E-state index in [1.165, 1.54) is 18.2 Å². The zero-order chi connectivity index (χ0) is 13.8. The quantitative estimate of drug-likeness (QED) is 0.805. The van der Waals surface area contributed by atoms with Gasteiger partial charge in [0.05, 0.1) is 6.61 Å². The van der Waals surface area contributed by atoms with Gasteiger partial charge in [0, 0.05) is 5.56 Å². The average molecular weight is 265 g/mol. The molecule has 1 heterocycles. The summed E-state index contributed by atoms with van der Waals surface area (Å²) in [6, 6.07) is 5.78. The summed E-state index contributed by atoms with van der Waals surface area (Å²) in [6.45, 7) is 1.79. The molecule has 0 aliphatic rings. The zero-order valence-electron chi connectivity index (χ0n) is 10.1. The maximum atomic E-state index is 13.8. The van der Waals surface area contributed by atoms with Gasteiger partial charge >= 0.3 is 11.7 Å². The van der Waals surface area contributed by atoms with Crippen molar-refractivity contribution in [1.29, 1.82) is 0 Å². The molecule has 0 saturated carbocycles. The molecule has 2 N–H and O–H groups in total. The third kappa shape index (κ3) is 2.70. The summed E-state index contributed by atoms with van der Waals surface area (Å²) in [5.74, 6) is -2.31. The molecule has 2 rings (SSSR count). The summed E-state index contributed by atoms with van der Waals surface area (Å²) in [4.78, 5) is 25.4. The number of hydrogen-bond donors (Lipinski definition) is 2. The van der Waals surface area contributed by atoms with Crippen LogP contribution in [0.15, 0.2) is 29.1 Å². The number of nitrogens with zero attached hydrogens (tertiary/aromatic N) is 1. The van der Waals surface area contributed by atoms with Gasteiger partial charge < -0.3 is 4.74 Å². The van der Waals surface area contributed by atoms with Crippen molar-refractivity contribution in [3.63, 3.8) is 0 Å². The standard InChI is InChI=1S/C12H12FN3O3/c1-2-19-11(17)9(10-14-12(18)16-15-10)7-5-3-4-6-8(7)13/h3-6,9H,2H2,1H3,(H2,14,15,16,18). The highest BCUT2D eigenvalue weighted by molar-refractivity contribution is 5.81. The van der Waals surface area contributed by atoms with Crippen molar-refractivity contribution < 1.29 is 13.9 Å². The molecule has 0 bridgehead atoms. The number of nitrogens with one attached hydrogen (secondary N) is 2. The lowest BCUT2D eigenvalue weighted by molar-refractivity contribution is -0.144. The van der Waals surface area contributed by atoms with E-state index in [1.807, 2.05) is 0 Å². The second kappa shape index (κ2) is 5.47. The van der Waals surface area contributed by atoms with Crippen molar-refractivity contribution >= 4 is 5.97 Å². The summed E-state index contributed by atoms with van der Waals surface area (Å²) < 4.78 is 18.7. The van der Waals surface area contributed by atoms with Crippen LogP contribution in [0.1, 0.15) is 24.2 Å². The number of halogens is 1. The summed E-state index contributed by atoms with van der Waals surface area (Å²) >= 11 is 0. The third-order valence-corrected chi connectivity index (χ3v) is 2.53. The van der Waals surface area contributed by atoms with Gasteiger partial charge in [-0.25, -0.2) is 14.3 Å². The highest BCUT2D eigenvalue weighted by Crippen LogP contribution is 2.24. The predicted octanol–water partition coefficient (Wildman–Crippen LogP) is 0.932. The molecule has 0 aliphatic carbocycles. The molecule has 0 saturated heterocycles. The van der Waals surface area contributed by atoms with Crippen molar-refractivity contribution in [3.8, 4) is 0 Å². The molecule has 100 valence electrons. The molecule has 1 aromatic carbocycles. The molecule has 0 spiro atoms. The van der Waals surface area contributed by atoms with Crippen molar-refractivity contribution in [2.24, 2.45) is 0 Å². The van der Waals surface area contributed by atoms with Gasteiger partial charge in [-0.15, -0.1) is 0 Å². The van der Waals surface area contributed by atoms with Crippen molar-refractivity contribution in [1.82, 2.24) is 15.2 Å². The Balaban J connectivity index is 2.49. The van der Waals surface area contributed by atoms with Crippen LogP contribution in [0, 0.1) is 5.82 Å². The molecular weight excluding hydrogens is 253 g/mol. The van der Waals surface area contributed by atoms with Crippen LogP contribution in [-0.4, -0.2) is 27.8 Å². The minimum atomic E-state index is -1.10. The van der Waals surface area contributed by atoms with Crippen LogP contribution in [0.3, 0.4) is 0 Å². The molecule has 1 aromatic heterocycles. The van der Waals surface area contributed by atoms with Gasteiger partial charge in [-0.05, 0) is 13.0 Å². The Morgan fingerprint density at radius 3 is 2.79 bits per heavy atom. The molecule has 7 heteroatoms. The Hall–Kier alpha value is -2.44. The van der Waals surface area contributed by atoms with Gasteiger partial charge in [-0.2, -0.15) is 5.10 Å². The van der Waals surface area contributed by atoms with E-state index in [2.05, 4.69) is 15.2 Å². The van der Waals surface area contributed by atoms with Crippen LogP contribution >= 0.6 is 0 Å². The maximum absolute atomic E-state index is 13.8. The molecule has 0 radical (unpaired) electrons. The van der Waals surface area contributed by atoms with E-state index in [1.54, 1.807) is 13.0 Å². The molecule has 0 amide bonds. The van der Waals surface area contributed by atoms with E-state index in [4.69, 9.17) is 4.74 Å². The smallest absolute Gasteiger partial charge is 0.340 e. The largest absolute Gasteiger partial charge is 0.465 e. The van der Waals surface area contributed by atoms with Gasteiger partial charge in [-0.1, -0.05) is 18.2 Å². The number of benzene rings is 1. The summed E-state index contributed by atoms with van der Waals surface area (Å²) in [7, 11) is 0. The first-order valence-corrected chi connectivity index (χ1v) is 5.69. The SMILES string of the molecule is CCOC(=O)C(c1n[nH]c(=O)[nH]1)c1ccccc1F. The number of carbonyl (C=O) groups is 1. The number of rotatable bonds is 4. The highest BCUT2D eigenvalue weighted by atomic mass is 19.1. The lowest BCUT2D eigenvalue weighted by atomic mass is 9.98. The summed E-state index contributed by atoms with van der Waals surface area (Å²) in [5, 5.41) is 5.82. The Morgan fingerprint density at radius 1 is 1.47 bits per heavy atom. The topological polar surface area (TPSA) is 87.8 Å². The van der Waals surface area contributed by atoms with Crippen molar-refractivity contribution in [3.05, 3.63) is 52.0 Å². The number of H-pyrrole nitrogens is 2. The molecule has 1 unspecified atom stereocenters. The van der Waals surface area contributed by atoms with E-state index in [0.717, 1.165) is 0 Å². The molecule has 0 fully saturated rings. The van der Waals surface area contributed by atoms with Crippen molar-refractivity contribution in [2.45, 2.75) is 12.8 Å². The monoisotopic (exact) mass is 265 g/mol. The van der Waals surface area contributed by atoms with Crippen LogP contribution in [0.25, 0.3) is 0 Å². The van der Waals surface area contributed by atoms with E-state index in [-0.39, 0.29) is 18.0 Å². The number of carbonyl (C=O) groups excluding carboxylic acids is 1. The van der Waals surface area contributed by atoms with Crippen LogP contribution in [0.4, 0.5) is 4.39 Å². The molecule has 1 atom stereocenters. The van der Waals surface area contributed by atoms with Gasteiger partial charge in [-0.3, -0.25) is 9.78 Å². The lowest BCUT2D eigenvalue weighted by Gasteiger charge is -2.13. The fourth-order valence-electron chi connectivity index (χ4n) is 1.74. The van der Waals surface area contributed by atoms with Gasteiger partial charge in [0.15, 0.2) is 0 Å². The van der Waals surface area contributed by atoms with E-state index >= 15 is 0 Å². The third-order valence-electron chi connectivity index (χ3n) is 2.53. The zero-order valence-corrected chi connectivity index (χ0v) is 10.1. The first-order valence-electron chi connectivity index (χ1n) is 5.69. The Labute approximate surface area is 107 Å². The summed E-state index contributed by atoms with van der Waals surface area (Å²) in [5.41, 5.74) is -0.468. The van der Waals surface area contributed by atoms with Gasteiger partial charge in [0.1, 0.15) is 17.6 Å². The molecule has 0 aliphatic heterocycles. The van der Waals surface area contributed by atoms with E-state index < -0.39 is 23.4 Å². The van der Waals surface area contributed by atoms with Crippen LogP contribution in [0.2, 0.25) is 0 Å². The summed E-state index contributed by atoms with van der Waals surface area (Å²) in [6.07, 6.45) is 0. The van der Waals surface area contributed by atoms with Gasteiger partial charge in [0.2, 0.25) is 0 Å². The second-order valence-corrected chi connectivity index (χ2v) is 3.77. The van der Waals surface area contributed by atoms with Crippen LogP contribution in [0.5, 0.6) is 0 Å².